The second kappa shape index (κ2) is 7.68. The third-order valence-electron chi connectivity index (χ3n) is 3.50. The van der Waals surface area contributed by atoms with E-state index in [9.17, 15) is 9.59 Å². The Morgan fingerprint density at radius 2 is 1.80 bits per heavy atom. The van der Waals surface area contributed by atoms with E-state index in [0.29, 0.717) is 34.1 Å². The van der Waals surface area contributed by atoms with Crippen LogP contribution in [0.2, 0.25) is 5.02 Å². The maximum Gasteiger partial charge on any atom is 0.257 e. The number of anilines is 1. The summed E-state index contributed by atoms with van der Waals surface area (Å²) in [5, 5.41) is 5.87. The molecule has 2 aromatic carbocycles. The molecule has 0 unspecified atom stereocenters. The summed E-state index contributed by atoms with van der Waals surface area (Å²) in [5.74, 6) is 0.0699. The zero-order valence-electron chi connectivity index (χ0n) is 13.2. The van der Waals surface area contributed by atoms with Crippen molar-refractivity contribution in [2.75, 3.05) is 5.32 Å². The predicted molar refractivity (Wildman–Crippen MR) is 95.7 cm³/mol. The van der Waals surface area contributed by atoms with Gasteiger partial charge in [-0.15, -0.1) is 0 Å². The number of halogens is 1. The second-order valence-electron chi connectivity index (χ2n) is 5.28. The predicted octanol–water partition coefficient (Wildman–Crippen LogP) is 4.12. The lowest BCUT2D eigenvalue weighted by molar-refractivity contribution is 0.0946. The molecule has 0 atom stereocenters. The van der Waals surface area contributed by atoms with Crippen molar-refractivity contribution in [3.63, 3.8) is 0 Å². The van der Waals surface area contributed by atoms with E-state index >= 15 is 0 Å². The third-order valence-corrected chi connectivity index (χ3v) is 3.83. The molecule has 5 nitrogen and oxygen atoms in total. The number of benzene rings is 2. The summed E-state index contributed by atoms with van der Waals surface area (Å²) in [4.78, 5) is 24.5. The number of carbonyl (C=O) groups excluding carboxylic acids is 2. The molecule has 1 heterocycles. The summed E-state index contributed by atoms with van der Waals surface area (Å²) in [6.45, 7) is 0.294. The van der Waals surface area contributed by atoms with Gasteiger partial charge >= 0.3 is 0 Å². The van der Waals surface area contributed by atoms with Crippen molar-refractivity contribution in [1.29, 1.82) is 0 Å². The fourth-order valence-corrected chi connectivity index (χ4v) is 2.49. The monoisotopic (exact) mass is 354 g/mol. The van der Waals surface area contributed by atoms with Crippen LogP contribution in [0.15, 0.2) is 71.3 Å². The molecule has 25 heavy (non-hydrogen) atoms. The van der Waals surface area contributed by atoms with Crippen molar-refractivity contribution >= 4 is 29.1 Å². The lowest BCUT2D eigenvalue weighted by atomic mass is 10.1. The minimum atomic E-state index is -0.334. The van der Waals surface area contributed by atoms with Crippen molar-refractivity contribution in [2.45, 2.75) is 6.54 Å². The van der Waals surface area contributed by atoms with Crippen LogP contribution in [0.3, 0.4) is 0 Å². The molecule has 0 saturated carbocycles. The summed E-state index contributed by atoms with van der Waals surface area (Å²) in [6, 6.07) is 17.0. The third kappa shape index (κ3) is 4.28. The Balaban J connectivity index is 1.67. The number of carbonyl (C=O) groups is 2. The molecule has 6 heteroatoms. The van der Waals surface area contributed by atoms with Gasteiger partial charge in [0.1, 0.15) is 5.76 Å². The van der Waals surface area contributed by atoms with Gasteiger partial charge in [0.25, 0.3) is 11.8 Å². The van der Waals surface area contributed by atoms with Gasteiger partial charge in [0.2, 0.25) is 0 Å². The zero-order chi connectivity index (χ0) is 17.6. The van der Waals surface area contributed by atoms with Gasteiger partial charge in [-0.1, -0.05) is 29.8 Å². The summed E-state index contributed by atoms with van der Waals surface area (Å²) < 4.78 is 5.17. The van der Waals surface area contributed by atoms with Crippen LogP contribution in [0.25, 0.3) is 0 Å². The number of furan rings is 1. The van der Waals surface area contributed by atoms with Gasteiger partial charge in [0.15, 0.2) is 0 Å². The topological polar surface area (TPSA) is 71.3 Å². The van der Waals surface area contributed by atoms with Crippen molar-refractivity contribution < 1.29 is 14.0 Å². The van der Waals surface area contributed by atoms with Crippen LogP contribution in [0.5, 0.6) is 0 Å². The minimum absolute atomic E-state index is 0.259. The molecule has 0 radical (unpaired) electrons. The van der Waals surface area contributed by atoms with Crippen molar-refractivity contribution in [1.82, 2.24) is 5.32 Å². The molecular weight excluding hydrogens is 340 g/mol. The van der Waals surface area contributed by atoms with Crippen molar-refractivity contribution in [3.8, 4) is 0 Å². The van der Waals surface area contributed by atoms with Gasteiger partial charge in [-0.3, -0.25) is 9.59 Å². The summed E-state index contributed by atoms with van der Waals surface area (Å²) in [5.41, 5.74) is 1.32. The van der Waals surface area contributed by atoms with Crippen molar-refractivity contribution in [3.05, 3.63) is 88.8 Å². The minimum Gasteiger partial charge on any atom is -0.467 e. The second-order valence-corrected chi connectivity index (χ2v) is 5.68. The van der Waals surface area contributed by atoms with Crippen LogP contribution in [-0.2, 0) is 6.54 Å². The van der Waals surface area contributed by atoms with E-state index in [0.717, 1.165) is 0 Å². The highest BCUT2D eigenvalue weighted by Gasteiger charge is 2.11. The van der Waals surface area contributed by atoms with E-state index < -0.39 is 0 Å². The standard InChI is InChI=1S/C19H15ClN2O3/c20-17-9-2-1-8-16(17)19(24)22-14-6-3-5-13(11-14)18(23)21-12-15-7-4-10-25-15/h1-11H,12H2,(H,21,23)(H,22,24). The van der Waals surface area contributed by atoms with Crippen LogP contribution in [0.1, 0.15) is 26.5 Å². The van der Waals surface area contributed by atoms with Crippen LogP contribution < -0.4 is 10.6 Å². The van der Waals surface area contributed by atoms with E-state index in [2.05, 4.69) is 10.6 Å². The van der Waals surface area contributed by atoms with Gasteiger partial charge in [-0.25, -0.2) is 0 Å². The van der Waals surface area contributed by atoms with Gasteiger partial charge < -0.3 is 15.1 Å². The average molecular weight is 355 g/mol. The molecular formula is C19H15ClN2O3. The smallest absolute Gasteiger partial charge is 0.257 e. The first kappa shape index (κ1) is 16.8. The Morgan fingerprint density at radius 1 is 0.960 bits per heavy atom. The average Bonchev–Trinajstić information content (AvgIpc) is 3.14. The Morgan fingerprint density at radius 3 is 2.56 bits per heavy atom. The first-order chi connectivity index (χ1) is 12.1. The zero-order valence-corrected chi connectivity index (χ0v) is 13.9. The van der Waals surface area contributed by atoms with Gasteiger partial charge in [0, 0.05) is 11.3 Å². The number of amides is 2. The summed E-state index contributed by atoms with van der Waals surface area (Å²) >= 11 is 6.02. The lowest BCUT2D eigenvalue weighted by Crippen LogP contribution is -2.22. The Bertz CT molecular complexity index is 891. The SMILES string of the molecule is O=C(NCc1ccco1)c1cccc(NC(=O)c2ccccc2Cl)c1. The van der Waals surface area contributed by atoms with E-state index in [4.69, 9.17) is 16.0 Å². The quantitative estimate of drug-likeness (QED) is 0.724. The first-order valence-electron chi connectivity index (χ1n) is 7.60. The van der Waals surface area contributed by atoms with Crippen molar-refractivity contribution in [2.24, 2.45) is 0 Å². The molecule has 3 rings (SSSR count). The van der Waals surface area contributed by atoms with Crippen LogP contribution in [0.4, 0.5) is 5.69 Å². The Hall–Kier alpha value is -3.05. The van der Waals surface area contributed by atoms with E-state index in [1.807, 2.05) is 0 Å². The maximum atomic E-state index is 12.3. The molecule has 2 N–H and O–H groups in total. The highest BCUT2D eigenvalue weighted by molar-refractivity contribution is 6.34. The number of rotatable bonds is 5. The molecule has 2 amide bonds. The number of nitrogens with one attached hydrogen (secondary N) is 2. The largest absolute Gasteiger partial charge is 0.467 e. The van der Waals surface area contributed by atoms with E-state index in [1.165, 1.54) is 0 Å². The number of hydrogen-bond acceptors (Lipinski definition) is 3. The molecule has 3 aromatic rings. The molecule has 1 aromatic heterocycles. The van der Waals surface area contributed by atoms with Crippen LogP contribution in [0, 0.1) is 0 Å². The first-order valence-corrected chi connectivity index (χ1v) is 7.98. The highest BCUT2D eigenvalue weighted by Crippen LogP contribution is 2.18. The molecule has 0 fully saturated rings. The number of hydrogen-bond donors (Lipinski definition) is 2. The molecule has 0 aliphatic heterocycles. The van der Waals surface area contributed by atoms with Crippen LogP contribution >= 0.6 is 11.6 Å². The van der Waals surface area contributed by atoms with Gasteiger partial charge in [0.05, 0.1) is 23.4 Å². The lowest BCUT2D eigenvalue weighted by Gasteiger charge is -2.09. The van der Waals surface area contributed by atoms with E-state index in [1.54, 1.807) is 66.9 Å². The fraction of sp³-hybridized carbons (Fsp3) is 0.0526. The van der Waals surface area contributed by atoms with Gasteiger partial charge in [-0.05, 0) is 42.5 Å². The maximum absolute atomic E-state index is 12.3. The summed E-state index contributed by atoms with van der Waals surface area (Å²) in [7, 11) is 0. The fourth-order valence-electron chi connectivity index (χ4n) is 2.26. The molecule has 0 aliphatic carbocycles. The Labute approximate surface area is 149 Å². The molecule has 0 spiro atoms. The normalized spacial score (nSPS) is 10.3. The van der Waals surface area contributed by atoms with E-state index in [-0.39, 0.29) is 11.8 Å². The molecule has 0 saturated heterocycles. The molecule has 126 valence electrons. The summed E-state index contributed by atoms with van der Waals surface area (Å²) in [6.07, 6.45) is 1.55. The van der Waals surface area contributed by atoms with Gasteiger partial charge in [-0.2, -0.15) is 0 Å². The molecule has 0 aliphatic rings. The highest BCUT2D eigenvalue weighted by atomic mass is 35.5. The Kier molecular flexibility index (Phi) is 5.16. The van der Waals surface area contributed by atoms with Crippen LogP contribution in [-0.4, -0.2) is 11.8 Å². The molecule has 0 bridgehead atoms.